The highest BCUT2D eigenvalue weighted by molar-refractivity contribution is 8.05. The highest BCUT2D eigenvalue weighted by atomic mass is 32.2. The summed E-state index contributed by atoms with van der Waals surface area (Å²) < 4.78 is 5.29. The van der Waals surface area contributed by atoms with E-state index in [0.717, 1.165) is 36.5 Å². The number of aryl methyl sites for hydroxylation is 2. The first-order chi connectivity index (χ1) is 20.7. The lowest BCUT2D eigenvalue weighted by molar-refractivity contribution is -0.139. The van der Waals surface area contributed by atoms with Crippen LogP contribution in [0.2, 0.25) is 0 Å². The Kier molecular flexibility index (Phi) is 8.34. The van der Waals surface area contributed by atoms with E-state index in [1.807, 2.05) is 91.6 Å². The Morgan fingerprint density at radius 1 is 0.837 bits per heavy atom. The van der Waals surface area contributed by atoms with Crippen LogP contribution in [0.15, 0.2) is 105 Å². The molecule has 1 atom stereocenters. The Hall–Kier alpha value is -3.99. The van der Waals surface area contributed by atoms with Crippen LogP contribution < -0.4 is 4.74 Å². The van der Waals surface area contributed by atoms with Gasteiger partial charge in [0.05, 0.1) is 15.9 Å². The van der Waals surface area contributed by atoms with E-state index in [4.69, 9.17) is 9.84 Å². The lowest BCUT2D eigenvalue weighted by Crippen LogP contribution is -2.48. The highest BCUT2D eigenvalue weighted by Crippen LogP contribution is 2.37. The number of carboxylic acid groups (broad SMARTS) is 1. The maximum Gasteiger partial charge on any atom is 0.341 e. The van der Waals surface area contributed by atoms with Crippen molar-refractivity contribution >= 4 is 62.2 Å². The Morgan fingerprint density at radius 2 is 1.40 bits per heavy atom. The third-order valence-electron chi connectivity index (χ3n) is 7.12. The SMILES string of the molecule is Cc1ccc(SC2=CC3=S=C4C=C(Sc5ccc(C)cc5)C(=O)N4C(Cc4ccc(OCC(=O)O)cc4)CN3C2=O)cc1. The average Bonchev–Trinajstić information content (AvgIpc) is 3.38. The molecule has 0 aromatic heterocycles. The molecule has 7 nitrogen and oxygen atoms in total. The van der Waals surface area contributed by atoms with Gasteiger partial charge in [-0.05, 0) is 74.4 Å². The van der Waals surface area contributed by atoms with Crippen LogP contribution in [0.25, 0.3) is 0 Å². The molecule has 1 unspecified atom stereocenters. The Bertz CT molecular complexity index is 1740. The van der Waals surface area contributed by atoms with Gasteiger partial charge in [0.25, 0.3) is 11.8 Å². The van der Waals surface area contributed by atoms with Gasteiger partial charge >= 0.3 is 5.97 Å². The van der Waals surface area contributed by atoms with Crippen molar-refractivity contribution in [3.63, 3.8) is 0 Å². The van der Waals surface area contributed by atoms with E-state index in [1.165, 1.54) is 34.5 Å². The van der Waals surface area contributed by atoms with E-state index < -0.39 is 12.6 Å². The summed E-state index contributed by atoms with van der Waals surface area (Å²) in [6.07, 6.45) is 4.37. The molecule has 3 heterocycles. The van der Waals surface area contributed by atoms with Crippen molar-refractivity contribution in [1.29, 1.82) is 0 Å². The number of benzene rings is 3. The van der Waals surface area contributed by atoms with Crippen molar-refractivity contribution in [2.45, 2.75) is 36.1 Å². The number of carbonyl (C=O) groups is 3. The Morgan fingerprint density at radius 3 is 1.98 bits per heavy atom. The predicted octanol–water partition coefficient (Wildman–Crippen LogP) is 5.72. The summed E-state index contributed by atoms with van der Waals surface area (Å²) in [6, 6.07) is 23.1. The third-order valence-corrected chi connectivity index (χ3v) is 10.2. The molecule has 3 aromatic carbocycles. The van der Waals surface area contributed by atoms with Gasteiger partial charge < -0.3 is 9.84 Å². The summed E-state index contributed by atoms with van der Waals surface area (Å²) in [5.41, 5.74) is 3.26. The van der Waals surface area contributed by atoms with Gasteiger partial charge in [-0.2, -0.15) is 0 Å². The number of thioether (sulfide) groups is 2. The van der Waals surface area contributed by atoms with Crippen molar-refractivity contribution < 1.29 is 24.2 Å². The van der Waals surface area contributed by atoms with Gasteiger partial charge in [0.15, 0.2) is 6.61 Å². The maximum atomic E-state index is 13.9. The summed E-state index contributed by atoms with van der Waals surface area (Å²) in [5, 5.41) is 8.91. The maximum absolute atomic E-state index is 13.9. The van der Waals surface area contributed by atoms with Gasteiger partial charge in [-0.15, -0.1) is 0 Å². The third kappa shape index (κ3) is 6.51. The summed E-state index contributed by atoms with van der Waals surface area (Å²) in [6.45, 7) is 3.99. The van der Waals surface area contributed by atoms with Crippen LogP contribution in [0, 0.1) is 13.8 Å². The van der Waals surface area contributed by atoms with Crippen LogP contribution in [0.3, 0.4) is 0 Å². The largest absolute Gasteiger partial charge is 0.482 e. The fraction of sp³-hybridized carbons (Fsp3) is 0.182. The van der Waals surface area contributed by atoms with E-state index in [1.54, 1.807) is 17.0 Å². The molecule has 0 saturated heterocycles. The lowest BCUT2D eigenvalue weighted by Gasteiger charge is -2.30. The van der Waals surface area contributed by atoms with E-state index in [-0.39, 0.29) is 17.9 Å². The van der Waals surface area contributed by atoms with Crippen molar-refractivity contribution in [3.05, 3.63) is 111 Å². The van der Waals surface area contributed by atoms with Crippen molar-refractivity contribution in [3.8, 4) is 5.75 Å². The molecular formula is C33H28N2O5S3. The number of rotatable bonds is 9. The zero-order chi connectivity index (χ0) is 30.1. The van der Waals surface area contributed by atoms with Crippen molar-refractivity contribution in [2.75, 3.05) is 13.2 Å². The lowest BCUT2D eigenvalue weighted by atomic mass is 10.0. The second kappa shape index (κ2) is 12.3. The quantitative estimate of drug-likeness (QED) is 0.303. The first kappa shape index (κ1) is 29.1. The number of carboxylic acids is 1. The minimum Gasteiger partial charge on any atom is -0.482 e. The first-order valence-electron chi connectivity index (χ1n) is 13.7. The monoisotopic (exact) mass is 628 g/mol. The summed E-state index contributed by atoms with van der Waals surface area (Å²) >= 11 is 2.90. The van der Waals surface area contributed by atoms with Crippen LogP contribution in [-0.2, 0) is 20.8 Å². The van der Waals surface area contributed by atoms with E-state index >= 15 is 0 Å². The molecule has 1 N–H and O–H groups in total. The fourth-order valence-corrected chi connectivity index (χ4v) is 8.03. The van der Waals surface area contributed by atoms with E-state index in [2.05, 4.69) is 0 Å². The van der Waals surface area contributed by atoms with Gasteiger partial charge in [0, 0.05) is 16.3 Å². The molecule has 218 valence electrons. The van der Waals surface area contributed by atoms with Crippen LogP contribution in [-0.4, -0.2) is 61.9 Å². The fourth-order valence-electron chi connectivity index (χ4n) is 4.94. The zero-order valence-electron chi connectivity index (χ0n) is 23.5. The molecule has 0 fully saturated rings. The van der Waals surface area contributed by atoms with Gasteiger partial charge in [-0.3, -0.25) is 19.4 Å². The smallest absolute Gasteiger partial charge is 0.341 e. The molecule has 0 aliphatic carbocycles. The number of carbonyl (C=O) groups excluding carboxylic acids is 2. The number of fused-ring (bicyclic) bond motifs is 2. The normalized spacial score (nSPS) is 17.7. The number of hydrogen-bond donors (Lipinski definition) is 1. The van der Waals surface area contributed by atoms with Crippen LogP contribution >= 0.6 is 34.5 Å². The topological polar surface area (TPSA) is 87.2 Å². The zero-order valence-corrected chi connectivity index (χ0v) is 25.9. The number of ether oxygens (including phenoxy) is 1. The van der Waals surface area contributed by atoms with Gasteiger partial charge in [0.2, 0.25) is 0 Å². The average molecular weight is 629 g/mol. The number of aliphatic carboxylic acids is 1. The molecule has 6 rings (SSSR count). The van der Waals surface area contributed by atoms with Crippen LogP contribution in [0.5, 0.6) is 5.75 Å². The number of nitrogens with zero attached hydrogens (tertiary/aromatic N) is 2. The molecule has 0 radical (unpaired) electrons. The van der Waals surface area contributed by atoms with Crippen molar-refractivity contribution in [2.24, 2.45) is 0 Å². The van der Waals surface area contributed by atoms with Crippen molar-refractivity contribution in [1.82, 2.24) is 9.80 Å². The summed E-state index contributed by atoms with van der Waals surface area (Å²) in [4.78, 5) is 47.0. The van der Waals surface area contributed by atoms with E-state index in [0.29, 0.717) is 28.5 Å². The molecule has 3 aromatic rings. The van der Waals surface area contributed by atoms with E-state index in [9.17, 15) is 14.4 Å². The first-order valence-corrected chi connectivity index (χ1v) is 16.1. The van der Waals surface area contributed by atoms with Crippen LogP contribution in [0.1, 0.15) is 16.7 Å². The molecule has 0 saturated carbocycles. The molecule has 3 aliphatic rings. The highest BCUT2D eigenvalue weighted by Gasteiger charge is 2.41. The second-order valence-corrected chi connectivity index (χ2v) is 13.7. The van der Waals surface area contributed by atoms with Crippen LogP contribution in [0.4, 0.5) is 0 Å². The molecule has 2 amide bonds. The minimum absolute atomic E-state index is 0.0667. The summed E-state index contributed by atoms with van der Waals surface area (Å²) in [5.74, 6) is -0.731. The van der Waals surface area contributed by atoms with Gasteiger partial charge in [-0.1, -0.05) is 82.0 Å². The Balaban J connectivity index is 1.32. The molecule has 0 bridgehead atoms. The number of hydrogen-bond acceptors (Lipinski definition) is 6. The molecule has 43 heavy (non-hydrogen) atoms. The molecule has 3 aliphatic heterocycles. The second-order valence-electron chi connectivity index (χ2n) is 10.4. The summed E-state index contributed by atoms with van der Waals surface area (Å²) in [7, 11) is 1.45. The molecule has 10 heteroatoms. The van der Waals surface area contributed by atoms with Gasteiger partial charge in [-0.25, -0.2) is 4.79 Å². The Labute approximate surface area is 261 Å². The van der Waals surface area contributed by atoms with Gasteiger partial charge in [0.1, 0.15) is 15.7 Å². The standard InChI is InChI=1S/C33H28N2O5S3/c1-20-3-11-25(12-4-20)41-27-16-29-34(32(27)38)18-23(15-22-7-9-24(10-8-22)40-19-31(36)37)35-30(43-29)17-28(33(35)39)42-26-13-5-21(2)6-14-26/h3-14,16-17,23H,15,18-19H2,1-2H3,(H,36,37). The number of amides is 2. The predicted molar refractivity (Wildman–Crippen MR) is 173 cm³/mol. The molecule has 0 spiro atoms. The minimum atomic E-state index is -1.04. The molecular weight excluding hydrogens is 601 g/mol.